The molecule has 1 saturated heterocycles. The first-order chi connectivity index (χ1) is 14.8. The molecule has 2 heterocycles. The molecule has 2 aliphatic rings. The molecule has 0 N–H and O–H groups in total. The van der Waals surface area contributed by atoms with E-state index in [1.54, 1.807) is 29.2 Å². The number of aryl methyl sites for hydroxylation is 1. The number of amides is 1. The number of likely N-dealkylation sites (tertiary alicyclic amines) is 1. The van der Waals surface area contributed by atoms with Crippen LogP contribution in [0.3, 0.4) is 0 Å². The summed E-state index contributed by atoms with van der Waals surface area (Å²) in [6.45, 7) is 2.92. The van der Waals surface area contributed by atoms with E-state index in [1.807, 2.05) is 19.1 Å². The number of Topliss-reactive ketones (excluding diaryl/α,β-unsaturated/α-hetero) is 2. The Morgan fingerprint density at radius 3 is 2.42 bits per heavy atom. The van der Waals surface area contributed by atoms with Crippen molar-refractivity contribution in [3.63, 3.8) is 0 Å². The van der Waals surface area contributed by atoms with Gasteiger partial charge in [0.05, 0.1) is 17.0 Å². The van der Waals surface area contributed by atoms with Gasteiger partial charge in [-0.2, -0.15) is 0 Å². The predicted molar refractivity (Wildman–Crippen MR) is 119 cm³/mol. The number of nitrogens with zero attached hydrogens (tertiary/aromatic N) is 1. The first kappa shape index (κ1) is 21.8. The van der Waals surface area contributed by atoms with Gasteiger partial charge in [-0.3, -0.25) is 14.4 Å². The number of halogens is 2. The zero-order valence-corrected chi connectivity index (χ0v) is 18.8. The fourth-order valence-corrected chi connectivity index (χ4v) is 4.75. The quantitative estimate of drug-likeness (QED) is 0.582. The molecule has 162 valence electrons. The second-order valence-corrected chi connectivity index (χ2v) is 9.16. The molecule has 1 amide bonds. The second kappa shape index (κ2) is 8.64. The van der Waals surface area contributed by atoms with E-state index in [1.165, 1.54) is 0 Å². The van der Waals surface area contributed by atoms with Crippen LogP contribution >= 0.6 is 23.2 Å². The number of rotatable bonds is 4. The summed E-state index contributed by atoms with van der Waals surface area (Å²) >= 11 is 12.3. The first-order valence-corrected chi connectivity index (χ1v) is 11.1. The number of hydrogen-bond donors (Lipinski definition) is 0. The predicted octanol–water partition coefficient (Wildman–Crippen LogP) is 5.29. The minimum Gasteiger partial charge on any atom is -0.484 e. The summed E-state index contributed by atoms with van der Waals surface area (Å²) in [5.41, 5.74) is 1.47. The Morgan fingerprint density at radius 2 is 1.74 bits per heavy atom. The van der Waals surface area contributed by atoms with Crippen molar-refractivity contribution in [2.45, 2.75) is 44.6 Å². The molecule has 2 aliphatic heterocycles. The molecule has 0 saturated carbocycles. The highest BCUT2D eigenvalue weighted by molar-refractivity contribution is 6.36. The van der Waals surface area contributed by atoms with E-state index in [0.717, 1.165) is 5.56 Å². The number of hydrogen-bond acceptors (Lipinski definition) is 4. The Morgan fingerprint density at radius 1 is 1.06 bits per heavy atom. The summed E-state index contributed by atoms with van der Waals surface area (Å²) in [5, 5.41) is 0.722. The van der Waals surface area contributed by atoms with E-state index in [0.29, 0.717) is 52.9 Å². The lowest BCUT2D eigenvalue weighted by atomic mass is 9.82. The largest absolute Gasteiger partial charge is 0.484 e. The first-order valence-electron chi connectivity index (χ1n) is 10.4. The number of carbonyl (C=O) groups excluding carboxylic acids is 3. The molecule has 5 nitrogen and oxygen atoms in total. The van der Waals surface area contributed by atoms with Crippen molar-refractivity contribution in [1.29, 1.82) is 0 Å². The summed E-state index contributed by atoms with van der Waals surface area (Å²) in [6, 6.07) is 10.5. The van der Waals surface area contributed by atoms with E-state index in [4.69, 9.17) is 27.9 Å². The average Bonchev–Trinajstić information content (AvgIpc) is 2.74. The summed E-state index contributed by atoms with van der Waals surface area (Å²) < 4.78 is 6.21. The third-order valence-corrected chi connectivity index (χ3v) is 6.58. The maximum absolute atomic E-state index is 12.7. The lowest BCUT2D eigenvalue weighted by Gasteiger charge is -2.44. The van der Waals surface area contributed by atoms with Gasteiger partial charge >= 0.3 is 0 Å². The number of carbonyl (C=O) groups is 3. The van der Waals surface area contributed by atoms with E-state index < -0.39 is 5.60 Å². The van der Waals surface area contributed by atoms with Gasteiger partial charge in [-0.1, -0.05) is 53.0 Å². The van der Waals surface area contributed by atoms with Crippen LogP contribution in [0, 0.1) is 6.92 Å². The van der Waals surface area contributed by atoms with E-state index in [2.05, 4.69) is 0 Å². The third-order valence-electron chi connectivity index (χ3n) is 6.08. The number of ketones is 2. The molecule has 2 aromatic carbocycles. The molecule has 0 radical (unpaired) electrons. The Balaban J connectivity index is 1.35. The van der Waals surface area contributed by atoms with Crippen LogP contribution in [0.25, 0.3) is 0 Å². The lowest BCUT2D eigenvalue weighted by molar-refractivity contribution is -0.134. The highest BCUT2D eigenvalue weighted by Crippen LogP contribution is 2.44. The molecule has 1 fully saturated rings. The lowest BCUT2D eigenvalue weighted by Crippen LogP contribution is -2.52. The zero-order valence-electron chi connectivity index (χ0n) is 17.2. The Hall–Kier alpha value is -2.37. The van der Waals surface area contributed by atoms with Gasteiger partial charge in [0.2, 0.25) is 5.91 Å². The number of fused-ring (bicyclic) bond motifs is 1. The van der Waals surface area contributed by atoms with Gasteiger partial charge in [-0.05, 0) is 19.1 Å². The van der Waals surface area contributed by atoms with Crippen molar-refractivity contribution in [3.05, 3.63) is 63.1 Å². The van der Waals surface area contributed by atoms with Crippen LogP contribution in [0.15, 0.2) is 36.4 Å². The standard InChI is InChI=1S/C24H23Cl2NO4/c1-15-2-4-16(5-3-15)20(28)6-7-22(30)27-10-8-24(9-11-27)14-21(29)18-12-17(25)13-19(26)23(18)31-24/h2-5,12-13H,6-11,14H2,1H3. The summed E-state index contributed by atoms with van der Waals surface area (Å²) in [5.74, 6) is 0.246. The van der Waals surface area contributed by atoms with Gasteiger partial charge in [0.1, 0.15) is 11.4 Å². The molecule has 4 rings (SSSR count). The molecule has 0 atom stereocenters. The molecule has 31 heavy (non-hydrogen) atoms. The van der Waals surface area contributed by atoms with Crippen LogP contribution in [0.1, 0.15) is 58.4 Å². The number of piperidine rings is 1. The molecule has 0 aliphatic carbocycles. The van der Waals surface area contributed by atoms with Crippen LogP contribution in [0.5, 0.6) is 5.75 Å². The van der Waals surface area contributed by atoms with Crippen LogP contribution < -0.4 is 4.74 Å². The SMILES string of the molecule is Cc1ccc(C(=O)CCC(=O)N2CCC3(CC2)CC(=O)c2cc(Cl)cc(Cl)c2O3)cc1. The summed E-state index contributed by atoms with van der Waals surface area (Å²) in [7, 11) is 0. The second-order valence-electron chi connectivity index (χ2n) is 8.32. The van der Waals surface area contributed by atoms with Crippen LogP contribution in [0.4, 0.5) is 0 Å². The average molecular weight is 460 g/mol. The van der Waals surface area contributed by atoms with Crippen molar-refractivity contribution >= 4 is 40.7 Å². The maximum Gasteiger partial charge on any atom is 0.223 e. The molecule has 2 aromatic rings. The van der Waals surface area contributed by atoms with Crippen LogP contribution in [-0.2, 0) is 4.79 Å². The summed E-state index contributed by atoms with van der Waals surface area (Å²) in [4.78, 5) is 39.4. The monoisotopic (exact) mass is 459 g/mol. The molecular formula is C24H23Cl2NO4. The highest BCUT2D eigenvalue weighted by Gasteiger charge is 2.44. The van der Waals surface area contributed by atoms with Crippen LogP contribution in [0.2, 0.25) is 10.0 Å². The van der Waals surface area contributed by atoms with Gasteiger partial charge in [0.25, 0.3) is 0 Å². The van der Waals surface area contributed by atoms with Crippen molar-refractivity contribution in [2.75, 3.05) is 13.1 Å². The van der Waals surface area contributed by atoms with E-state index in [-0.39, 0.29) is 36.7 Å². The fourth-order valence-electron chi connectivity index (χ4n) is 4.22. The van der Waals surface area contributed by atoms with Crippen molar-refractivity contribution in [1.82, 2.24) is 4.90 Å². The number of ether oxygens (including phenoxy) is 1. The minimum absolute atomic E-state index is 0.0343. The van der Waals surface area contributed by atoms with Crippen molar-refractivity contribution < 1.29 is 19.1 Å². The highest BCUT2D eigenvalue weighted by atomic mass is 35.5. The normalized spacial score (nSPS) is 17.3. The Kier molecular flexibility index (Phi) is 6.09. The third kappa shape index (κ3) is 4.63. The molecule has 0 bridgehead atoms. The molecule has 7 heteroatoms. The van der Waals surface area contributed by atoms with E-state index >= 15 is 0 Å². The minimum atomic E-state index is -0.657. The maximum atomic E-state index is 12.7. The molecule has 1 spiro atoms. The molecule has 0 unspecified atom stereocenters. The van der Waals surface area contributed by atoms with Crippen molar-refractivity contribution in [3.8, 4) is 5.75 Å². The van der Waals surface area contributed by atoms with Gasteiger partial charge in [0, 0.05) is 49.4 Å². The Bertz CT molecular complexity index is 1040. The fraction of sp³-hybridized carbons (Fsp3) is 0.375. The smallest absolute Gasteiger partial charge is 0.223 e. The zero-order chi connectivity index (χ0) is 22.2. The Labute approximate surface area is 191 Å². The number of benzene rings is 2. The van der Waals surface area contributed by atoms with Gasteiger partial charge < -0.3 is 9.64 Å². The summed E-state index contributed by atoms with van der Waals surface area (Å²) in [6.07, 6.45) is 1.67. The topological polar surface area (TPSA) is 63.7 Å². The van der Waals surface area contributed by atoms with Crippen LogP contribution in [-0.4, -0.2) is 41.1 Å². The molecule has 0 aromatic heterocycles. The van der Waals surface area contributed by atoms with Gasteiger partial charge in [0.15, 0.2) is 11.6 Å². The van der Waals surface area contributed by atoms with Crippen molar-refractivity contribution in [2.24, 2.45) is 0 Å². The van der Waals surface area contributed by atoms with Gasteiger partial charge in [-0.25, -0.2) is 0 Å². The molecular weight excluding hydrogens is 437 g/mol. The van der Waals surface area contributed by atoms with E-state index in [9.17, 15) is 14.4 Å². The van der Waals surface area contributed by atoms with Gasteiger partial charge in [-0.15, -0.1) is 0 Å².